The van der Waals surface area contributed by atoms with Crippen molar-refractivity contribution in [2.24, 2.45) is 5.41 Å². The van der Waals surface area contributed by atoms with Gasteiger partial charge in [0.05, 0.1) is 18.6 Å². The Bertz CT molecular complexity index is 532. The average molecular weight is 316 g/mol. The maximum absolute atomic E-state index is 12.6. The first-order valence-electron chi connectivity index (χ1n) is 6.52. The molecule has 1 aromatic carbocycles. The average Bonchev–Trinajstić information content (AvgIpc) is 2.96. The Morgan fingerprint density at radius 1 is 1.40 bits per heavy atom. The molecule has 1 fully saturated rings. The molecule has 1 amide bonds. The summed E-state index contributed by atoms with van der Waals surface area (Å²) in [4.78, 5) is 14.3. The summed E-state index contributed by atoms with van der Waals surface area (Å²) < 4.78 is 4.40. The number of nitrogens with zero attached hydrogens (tertiary/aromatic N) is 1. The number of rotatable bonds is 4. The van der Waals surface area contributed by atoms with Gasteiger partial charge in [-0.05, 0) is 26.3 Å². The number of carbonyl (C=O) groups is 1. The lowest BCUT2D eigenvalue weighted by Crippen LogP contribution is -2.37. The molecular weight excluding hydrogens is 297 g/mol. The number of hydrogen-bond acceptors (Lipinski definition) is 2. The van der Waals surface area contributed by atoms with Crippen LogP contribution in [-0.2, 0) is 4.79 Å². The van der Waals surface area contributed by atoms with Gasteiger partial charge in [0.15, 0.2) is 0 Å². The van der Waals surface area contributed by atoms with Crippen LogP contribution in [0.3, 0.4) is 0 Å². The maximum atomic E-state index is 12.6. The molecule has 110 valence electrons. The van der Waals surface area contributed by atoms with E-state index in [2.05, 4.69) is 0 Å². The fourth-order valence-corrected chi connectivity index (χ4v) is 3.11. The van der Waals surface area contributed by atoms with Crippen molar-refractivity contribution in [1.82, 2.24) is 4.90 Å². The molecule has 0 aliphatic heterocycles. The van der Waals surface area contributed by atoms with E-state index < -0.39 is 9.75 Å². The molecule has 1 aromatic rings. The molecule has 0 spiro atoms. The Balaban J connectivity index is 2.21. The minimum Gasteiger partial charge on any atom is -0.496 e. The van der Waals surface area contributed by atoms with Crippen LogP contribution in [0.5, 0.6) is 5.75 Å². The Morgan fingerprint density at radius 2 is 1.95 bits per heavy atom. The van der Waals surface area contributed by atoms with Crippen molar-refractivity contribution in [2.45, 2.75) is 30.6 Å². The van der Waals surface area contributed by atoms with E-state index in [-0.39, 0.29) is 11.9 Å². The first-order chi connectivity index (χ1) is 9.24. The van der Waals surface area contributed by atoms with E-state index in [1.54, 1.807) is 26.0 Å². The first kappa shape index (κ1) is 15.5. The Morgan fingerprint density at radius 3 is 2.45 bits per heavy atom. The van der Waals surface area contributed by atoms with Gasteiger partial charge in [0.25, 0.3) is 0 Å². The van der Waals surface area contributed by atoms with Gasteiger partial charge in [0.2, 0.25) is 5.91 Å². The predicted octanol–water partition coefficient (Wildman–Crippen LogP) is 3.80. The van der Waals surface area contributed by atoms with Crippen molar-refractivity contribution in [1.29, 1.82) is 0 Å². The number of alkyl halides is 2. The molecule has 5 heteroatoms. The first-order valence-corrected chi connectivity index (χ1v) is 7.28. The van der Waals surface area contributed by atoms with Gasteiger partial charge in [0.1, 0.15) is 10.1 Å². The van der Waals surface area contributed by atoms with Crippen LogP contribution in [0, 0.1) is 5.41 Å². The number of hydrogen-bond donors (Lipinski definition) is 0. The van der Waals surface area contributed by atoms with Crippen LogP contribution in [0.4, 0.5) is 0 Å². The van der Waals surface area contributed by atoms with Gasteiger partial charge in [-0.2, -0.15) is 0 Å². The zero-order chi connectivity index (χ0) is 15.1. The molecule has 0 aromatic heterocycles. The highest BCUT2D eigenvalue weighted by atomic mass is 35.5. The summed E-state index contributed by atoms with van der Waals surface area (Å²) in [7, 11) is 3.39. The summed E-state index contributed by atoms with van der Waals surface area (Å²) in [5.74, 6) is 0.726. The maximum Gasteiger partial charge on any atom is 0.231 e. The van der Waals surface area contributed by atoms with Gasteiger partial charge < -0.3 is 9.64 Å². The monoisotopic (exact) mass is 315 g/mol. The number of ether oxygens (including phenoxy) is 1. The van der Waals surface area contributed by atoms with Crippen molar-refractivity contribution < 1.29 is 9.53 Å². The molecule has 1 saturated carbocycles. The van der Waals surface area contributed by atoms with E-state index >= 15 is 0 Å². The number of benzene rings is 1. The van der Waals surface area contributed by atoms with Gasteiger partial charge in [0, 0.05) is 12.6 Å². The number of methoxy groups -OCH3 is 1. The fraction of sp³-hybridized carbons (Fsp3) is 0.533. The zero-order valence-electron chi connectivity index (χ0n) is 12.1. The molecule has 3 nitrogen and oxygen atoms in total. The number of carbonyl (C=O) groups excluding carboxylic acids is 1. The van der Waals surface area contributed by atoms with Crippen molar-refractivity contribution in [3.05, 3.63) is 29.8 Å². The Labute approximate surface area is 129 Å². The van der Waals surface area contributed by atoms with Crippen LogP contribution in [0.1, 0.15) is 31.9 Å². The van der Waals surface area contributed by atoms with Crippen LogP contribution in [0.25, 0.3) is 0 Å². The van der Waals surface area contributed by atoms with Gasteiger partial charge in [-0.1, -0.05) is 18.2 Å². The van der Waals surface area contributed by atoms with Crippen molar-refractivity contribution in [2.75, 3.05) is 14.2 Å². The summed E-state index contributed by atoms with van der Waals surface area (Å²) in [6.45, 7) is 3.77. The van der Waals surface area contributed by atoms with E-state index in [0.717, 1.165) is 11.3 Å². The third-order valence-corrected chi connectivity index (χ3v) is 5.32. The molecule has 1 aliphatic carbocycles. The number of amides is 1. The van der Waals surface area contributed by atoms with Gasteiger partial charge >= 0.3 is 0 Å². The number of para-hydroxylation sites is 1. The lowest BCUT2D eigenvalue weighted by atomic mass is 10.0. The van der Waals surface area contributed by atoms with Gasteiger partial charge in [-0.15, -0.1) is 23.2 Å². The third kappa shape index (κ3) is 2.38. The lowest BCUT2D eigenvalue weighted by Gasteiger charge is -2.29. The normalized spacial score (nSPS) is 24.9. The number of halogens is 2. The smallest absolute Gasteiger partial charge is 0.231 e. The molecule has 2 rings (SSSR count). The summed E-state index contributed by atoms with van der Waals surface area (Å²) in [5, 5.41) is 0. The summed E-state index contributed by atoms with van der Waals surface area (Å²) in [6, 6.07) is 7.56. The van der Waals surface area contributed by atoms with Crippen molar-refractivity contribution in [3.8, 4) is 5.75 Å². The largest absolute Gasteiger partial charge is 0.496 e. The summed E-state index contributed by atoms with van der Waals surface area (Å²) in [5.41, 5.74) is 0.270. The second-order valence-corrected chi connectivity index (χ2v) is 7.03. The second-order valence-electron chi connectivity index (χ2n) is 5.55. The van der Waals surface area contributed by atoms with Gasteiger partial charge in [-0.3, -0.25) is 4.79 Å². The van der Waals surface area contributed by atoms with Crippen LogP contribution in [-0.4, -0.2) is 29.3 Å². The van der Waals surface area contributed by atoms with E-state index in [4.69, 9.17) is 27.9 Å². The Hall–Kier alpha value is -0.930. The van der Waals surface area contributed by atoms with Gasteiger partial charge in [-0.25, -0.2) is 0 Å². The van der Waals surface area contributed by atoms with Crippen LogP contribution < -0.4 is 4.74 Å². The summed E-state index contributed by atoms with van der Waals surface area (Å²) >= 11 is 12.2. The molecule has 0 bridgehead atoms. The highest BCUT2D eigenvalue weighted by Crippen LogP contribution is 2.64. The SMILES string of the molecule is COc1ccccc1C(C)N(C)C(=O)C1(C)CC1(Cl)Cl. The van der Waals surface area contributed by atoms with E-state index in [9.17, 15) is 4.79 Å². The highest BCUT2D eigenvalue weighted by Gasteiger charge is 2.68. The summed E-state index contributed by atoms with van der Waals surface area (Å²) in [6.07, 6.45) is 0.491. The fourth-order valence-electron chi connectivity index (χ4n) is 2.42. The standard InChI is InChI=1S/C15H19Cl2NO2/c1-10(11-7-5-6-8-12(11)20-4)18(3)13(19)14(2)9-15(14,16)17/h5-8,10H,9H2,1-4H3. The highest BCUT2D eigenvalue weighted by molar-refractivity contribution is 6.53. The van der Waals surface area contributed by atoms with Crippen LogP contribution in [0.2, 0.25) is 0 Å². The topological polar surface area (TPSA) is 29.5 Å². The minimum atomic E-state index is -0.946. The quantitative estimate of drug-likeness (QED) is 0.791. The second kappa shape index (κ2) is 5.12. The molecule has 0 heterocycles. The molecule has 0 saturated heterocycles. The predicted molar refractivity (Wildman–Crippen MR) is 81.3 cm³/mol. The molecule has 0 N–H and O–H groups in total. The van der Waals surface area contributed by atoms with Crippen molar-refractivity contribution in [3.63, 3.8) is 0 Å². The zero-order valence-corrected chi connectivity index (χ0v) is 13.6. The minimum absolute atomic E-state index is 0.0408. The third-order valence-electron chi connectivity index (χ3n) is 4.22. The van der Waals surface area contributed by atoms with Crippen molar-refractivity contribution >= 4 is 29.1 Å². The molecule has 1 aliphatic rings. The molecule has 0 radical (unpaired) electrons. The Kier molecular flexibility index (Phi) is 3.96. The lowest BCUT2D eigenvalue weighted by molar-refractivity contribution is -0.137. The van der Waals surface area contributed by atoms with Crippen LogP contribution >= 0.6 is 23.2 Å². The van der Waals surface area contributed by atoms with Crippen LogP contribution in [0.15, 0.2) is 24.3 Å². The van der Waals surface area contributed by atoms with E-state index in [1.807, 2.05) is 31.2 Å². The van der Waals surface area contributed by atoms with E-state index in [1.165, 1.54) is 0 Å². The molecule has 20 heavy (non-hydrogen) atoms. The molecular formula is C15H19Cl2NO2. The van der Waals surface area contributed by atoms with E-state index in [0.29, 0.717) is 6.42 Å². The molecule has 2 atom stereocenters. The molecule has 2 unspecified atom stereocenters.